The number of carbonyl (C=O) groups excluding carboxylic acids is 1. The van der Waals surface area contributed by atoms with Gasteiger partial charge in [0.05, 0.1) is 4.90 Å². The number of rotatable bonds is 6. The molecule has 3 aromatic rings. The fourth-order valence-electron chi connectivity index (χ4n) is 2.53. The molecule has 7 heteroatoms. The molecule has 0 spiro atoms. The summed E-state index contributed by atoms with van der Waals surface area (Å²) in [4.78, 5) is 13.1. The van der Waals surface area contributed by atoms with Gasteiger partial charge in [-0.15, -0.1) is 11.3 Å². The van der Waals surface area contributed by atoms with Gasteiger partial charge in [0.25, 0.3) is 5.91 Å². The molecule has 0 radical (unpaired) electrons. The van der Waals surface area contributed by atoms with Crippen LogP contribution in [0.2, 0.25) is 0 Å². The van der Waals surface area contributed by atoms with Gasteiger partial charge >= 0.3 is 0 Å². The molecule has 1 amide bonds. The molecule has 1 N–H and O–H groups in total. The van der Waals surface area contributed by atoms with Crippen LogP contribution in [-0.4, -0.2) is 20.9 Å². The van der Waals surface area contributed by atoms with E-state index in [2.05, 4.69) is 5.32 Å². The second kappa shape index (κ2) is 7.80. The molecule has 4 nitrogen and oxygen atoms in total. The number of sulfone groups is 1. The minimum absolute atomic E-state index is 0.104. The average molecular weight is 389 g/mol. The van der Waals surface area contributed by atoms with Crippen LogP contribution in [-0.2, 0) is 9.84 Å². The van der Waals surface area contributed by atoms with Gasteiger partial charge in [-0.3, -0.25) is 4.79 Å². The van der Waals surface area contributed by atoms with Crippen LogP contribution in [0.4, 0.5) is 4.39 Å². The van der Waals surface area contributed by atoms with Gasteiger partial charge in [-0.05, 0) is 41.8 Å². The Balaban J connectivity index is 1.85. The third-order valence-corrected chi connectivity index (χ3v) is 7.08. The minimum atomic E-state index is -3.69. The lowest BCUT2D eigenvalue weighted by Gasteiger charge is -2.17. The van der Waals surface area contributed by atoms with Crippen LogP contribution in [0.15, 0.2) is 77.0 Å². The lowest BCUT2D eigenvalue weighted by molar-refractivity contribution is 0.0953. The lowest BCUT2D eigenvalue weighted by atomic mass is 10.2. The summed E-state index contributed by atoms with van der Waals surface area (Å²) in [5.41, 5.74) is 0.145. The standard InChI is InChI=1S/C19H16FNO3S2/c20-15-7-4-6-14(12-15)19(22)21-13-18(17-10-5-11-25-17)26(23,24)16-8-2-1-3-9-16/h1-12,18H,13H2,(H,21,22). The van der Waals surface area contributed by atoms with Crippen molar-refractivity contribution in [2.75, 3.05) is 6.54 Å². The molecule has 1 heterocycles. The van der Waals surface area contributed by atoms with Crippen molar-refractivity contribution in [2.45, 2.75) is 10.1 Å². The van der Waals surface area contributed by atoms with Crippen LogP contribution in [0.3, 0.4) is 0 Å². The summed E-state index contributed by atoms with van der Waals surface area (Å²) in [6, 6.07) is 16.9. The molecule has 3 rings (SSSR count). The molecule has 0 fully saturated rings. The fourth-order valence-corrected chi connectivity index (χ4v) is 5.33. The van der Waals surface area contributed by atoms with E-state index in [1.165, 1.54) is 41.7 Å². The van der Waals surface area contributed by atoms with Crippen LogP contribution >= 0.6 is 11.3 Å². The molecular weight excluding hydrogens is 373 g/mol. The van der Waals surface area contributed by atoms with E-state index >= 15 is 0 Å². The average Bonchev–Trinajstić information content (AvgIpc) is 3.16. The van der Waals surface area contributed by atoms with Crippen molar-refractivity contribution < 1.29 is 17.6 Å². The number of carbonyl (C=O) groups is 1. The highest BCUT2D eigenvalue weighted by Crippen LogP contribution is 2.31. The fraction of sp³-hybridized carbons (Fsp3) is 0.105. The second-order valence-corrected chi connectivity index (χ2v) is 8.69. The van der Waals surface area contributed by atoms with Gasteiger partial charge in [-0.1, -0.05) is 30.3 Å². The highest BCUT2D eigenvalue weighted by molar-refractivity contribution is 7.91. The first kappa shape index (κ1) is 18.3. The summed E-state index contributed by atoms with van der Waals surface area (Å²) < 4.78 is 39.3. The monoisotopic (exact) mass is 389 g/mol. The van der Waals surface area contributed by atoms with E-state index in [1.54, 1.807) is 35.7 Å². The van der Waals surface area contributed by atoms with Crippen LogP contribution in [0.25, 0.3) is 0 Å². The van der Waals surface area contributed by atoms with Crippen molar-refractivity contribution in [3.8, 4) is 0 Å². The number of halogens is 1. The van der Waals surface area contributed by atoms with Gasteiger partial charge in [0.1, 0.15) is 11.1 Å². The zero-order valence-electron chi connectivity index (χ0n) is 13.6. The van der Waals surface area contributed by atoms with Crippen molar-refractivity contribution in [1.82, 2.24) is 5.32 Å². The van der Waals surface area contributed by atoms with Gasteiger partial charge in [0, 0.05) is 17.0 Å². The van der Waals surface area contributed by atoms with Crippen molar-refractivity contribution in [2.24, 2.45) is 0 Å². The van der Waals surface area contributed by atoms with E-state index < -0.39 is 26.8 Å². The normalized spacial score (nSPS) is 12.5. The maximum absolute atomic E-state index is 13.3. The van der Waals surface area contributed by atoms with Crippen LogP contribution in [0.5, 0.6) is 0 Å². The van der Waals surface area contributed by atoms with E-state index in [0.717, 1.165) is 6.07 Å². The summed E-state index contributed by atoms with van der Waals surface area (Å²) in [7, 11) is -3.69. The Morgan fingerprint density at radius 3 is 2.46 bits per heavy atom. The summed E-state index contributed by atoms with van der Waals surface area (Å²) in [6.07, 6.45) is 0. The predicted octanol–water partition coefficient (Wildman–Crippen LogP) is 3.83. The van der Waals surface area contributed by atoms with Crippen molar-refractivity contribution in [1.29, 1.82) is 0 Å². The molecule has 0 bridgehead atoms. The zero-order valence-corrected chi connectivity index (χ0v) is 15.3. The van der Waals surface area contributed by atoms with E-state index in [-0.39, 0.29) is 17.0 Å². The van der Waals surface area contributed by atoms with Crippen molar-refractivity contribution in [3.05, 3.63) is 88.4 Å². The molecular formula is C19H16FNO3S2. The van der Waals surface area contributed by atoms with Gasteiger partial charge < -0.3 is 5.32 Å². The summed E-state index contributed by atoms with van der Waals surface area (Å²) in [5.74, 6) is -1.04. The molecule has 2 aromatic carbocycles. The lowest BCUT2D eigenvalue weighted by Crippen LogP contribution is -2.31. The van der Waals surface area contributed by atoms with E-state index in [1.807, 2.05) is 0 Å². The van der Waals surface area contributed by atoms with Crippen LogP contribution < -0.4 is 5.32 Å². The van der Waals surface area contributed by atoms with E-state index in [0.29, 0.717) is 4.88 Å². The summed E-state index contributed by atoms with van der Waals surface area (Å²) in [5, 5.41) is 3.49. The Bertz CT molecular complexity index is 987. The van der Waals surface area contributed by atoms with Gasteiger partial charge in [0.2, 0.25) is 0 Å². The molecule has 0 aliphatic heterocycles. The summed E-state index contributed by atoms with van der Waals surface area (Å²) >= 11 is 1.31. The van der Waals surface area contributed by atoms with Gasteiger partial charge in [0.15, 0.2) is 9.84 Å². The van der Waals surface area contributed by atoms with Crippen LogP contribution in [0.1, 0.15) is 20.5 Å². The highest BCUT2D eigenvalue weighted by Gasteiger charge is 2.30. The number of nitrogens with one attached hydrogen (secondary N) is 1. The molecule has 0 aliphatic rings. The number of amides is 1. The Morgan fingerprint density at radius 2 is 1.81 bits per heavy atom. The van der Waals surface area contributed by atoms with Gasteiger partial charge in [-0.2, -0.15) is 0 Å². The minimum Gasteiger partial charge on any atom is -0.350 e. The second-order valence-electron chi connectivity index (χ2n) is 5.58. The quantitative estimate of drug-likeness (QED) is 0.697. The topological polar surface area (TPSA) is 63.2 Å². The first-order chi connectivity index (χ1) is 12.5. The molecule has 1 unspecified atom stereocenters. The molecule has 0 saturated heterocycles. The third-order valence-electron chi connectivity index (χ3n) is 3.84. The van der Waals surface area contributed by atoms with E-state index in [4.69, 9.17) is 0 Å². The highest BCUT2D eigenvalue weighted by atomic mass is 32.2. The van der Waals surface area contributed by atoms with Gasteiger partial charge in [-0.25, -0.2) is 12.8 Å². The number of hydrogen-bond acceptors (Lipinski definition) is 4. The molecule has 134 valence electrons. The maximum atomic E-state index is 13.3. The Labute approximate surface area is 155 Å². The zero-order chi connectivity index (χ0) is 18.6. The molecule has 0 aliphatic carbocycles. The van der Waals surface area contributed by atoms with E-state index in [9.17, 15) is 17.6 Å². The largest absolute Gasteiger partial charge is 0.350 e. The van der Waals surface area contributed by atoms with Crippen molar-refractivity contribution >= 4 is 27.1 Å². The smallest absolute Gasteiger partial charge is 0.251 e. The summed E-state index contributed by atoms with van der Waals surface area (Å²) in [6.45, 7) is -0.104. The van der Waals surface area contributed by atoms with Crippen LogP contribution in [0, 0.1) is 5.82 Å². The van der Waals surface area contributed by atoms with Crippen molar-refractivity contribution in [3.63, 3.8) is 0 Å². The molecule has 0 saturated carbocycles. The number of thiophene rings is 1. The first-order valence-electron chi connectivity index (χ1n) is 7.84. The first-order valence-corrected chi connectivity index (χ1v) is 10.3. The molecule has 1 aromatic heterocycles. The maximum Gasteiger partial charge on any atom is 0.251 e. The third kappa shape index (κ3) is 4.00. The molecule has 26 heavy (non-hydrogen) atoms. The molecule has 1 atom stereocenters. The number of hydrogen-bond donors (Lipinski definition) is 1. The Kier molecular flexibility index (Phi) is 5.49. The Hall–Kier alpha value is -2.51. The Morgan fingerprint density at radius 1 is 1.04 bits per heavy atom. The SMILES string of the molecule is O=C(NCC(c1cccs1)S(=O)(=O)c1ccccc1)c1cccc(F)c1. The predicted molar refractivity (Wildman–Crippen MR) is 99.4 cm³/mol. The number of benzene rings is 2.